The summed E-state index contributed by atoms with van der Waals surface area (Å²) in [6.07, 6.45) is -3.36. The Morgan fingerprint density at radius 3 is 2.10 bits per heavy atom. The minimum atomic E-state index is -4.41. The number of aryl methyl sites for hydroxylation is 2. The van der Waals surface area contributed by atoms with Crippen molar-refractivity contribution in [2.45, 2.75) is 39.3 Å². The van der Waals surface area contributed by atoms with Gasteiger partial charge in [0.2, 0.25) is 11.6 Å². The molecular weight excluding hydrogens is 668 g/mol. The number of anilines is 3. The van der Waals surface area contributed by atoms with Crippen LogP contribution in [0.4, 0.5) is 35.2 Å². The SMILES string of the molecule is Cc1ccc(N(c2ccc(C)cc2)c2sc(-c3ncc(N=C4C(=O)C(=O)C5CC(C(F)(F)F)CCC45)c4nsnc34)c3ccccc23)cc1. The van der Waals surface area contributed by atoms with E-state index in [9.17, 15) is 22.8 Å². The highest BCUT2D eigenvalue weighted by Crippen LogP contribution is 2.50. The van der Waals surface area contributed by atoms with E-state index in [1.54, 1.807) is 11.3 Å². The van der Waals surface area contributed by atoms with Crippen molar-refractivity contribution in [3.63, 3.8) is 0 Å². The van der Waals surface area contributed by atoms with Gasteiger partial charge in [0.1, 0.15) is 27.4 Å². The van der Waals surface area contributed by atoms with E-state index in [1.165, 1.54) is 6.20 Å². The van der Waals surface area contributed by atoms with E-state index in [1.807, 2.05) is 12.1 Å². The molecule has 3 aromatic carbocycles. The first-order valence-electron chi connectivity index (χ1n) is 15.9. The summed E-state index contributed by atoms with van der Waals surface area (Å²) in [6, 6.07) is 24.9. The number of Topliss-reactive ketones (excluding diaryl/α,β-unsaturated/α-hetero) is 2. The summed E-state index contributed by atoms with van der Waals surface area (Å²) in [7, 11) is 0. The lowest BCUT2D eigenvalue weighted by molar-refractivity contribution is -0.187. The standard InChI is InChI=1S/C37H28F3N5O2S2/c1-19-7-12-22(13-8-19)45(23-14-9-20(2)10-15-23)36-26-6-4-3-5-25(26)35(48-36)32-31-30(43-49-44-31)28(18-41-32)42-29-24-16-11-21(37(38,39)40)17-27(24)33(46)34(29)47/h3-10,12-15,18,21,24,27H,11,16-17H2,1-2H3. The third-order valence-corrected chi connectivity index (χ3v) is 11.3. The number of halogens is 3. The van der Waals surface area contributed by atoms with E-state index in [-0.39, 0.29) is 24.2 Å². The number of alkyl halides is 3. The van der Waals surface area contributed by atoms with E-state index >= 15 is 0 Å². The van der Waals surface area contributed by atoms with Crippen LogP contribution in [0, 0.1) is 31.6 Å². The molecule has 246 valence electrons. The number of carbonyl (C=O) groups is 2. The Balaban J connectivity index is 1.23. The molecule has 0 radical (unpaired) electrons. The van der Waals surface area contributed by atoms with Gasteiger partial charge < -0.3 is 4.90 Å². The van der Waals surface area contributed by atoms with Crippen molar-refractivity contribution in [2.24, 2.45) is 22.7 Å². The molecule has 3 heterocycles. The van der Waals surface area contributed by atoms with Gasteiger partial charge in [-0.05, 0) is 57.4 Å². The Hall–Kier alpha value is -4.81. The lowest BCUT2D eigenvalue weighted by Gasteiger charge is -2.31. The third-order valence-electron chi connectivity index (χ3n) is 9.57. The maximum atomic E-state index is 13.5. The maximum Gasteiger partial charge on any atom is 0.391 e. The second-order valence-corrected chi connectivity index (χ2v) is 14.2. The second kappa shape index (κ2) is 12.0. The molecule has 2 saturated carbocycles. The average molecular weight is 696 g/mol. The number of pyridine rings is 1. The summed E-state index contributed by atoms with van der Waals surface area (Å²) in [4.78, 5) is 38.4. The molecule has 0 amide bonds. The van der Waals surface area contributed by atoms with Gasteiger partial charge in [0.25, 0.3) is 0 Å². The molecule has 3 unspecified atom stereocenters. The Morgan fingerprint density at radius 2 is 1.45 bits per heavy atom. The fourth-order valence-corrected chi connectivity index (χ4v) is 8.88. The monoisotopic (exact) mass is 695 g/mol. The first-order valence-corrected chi connectivity index (χ1v) is 17.4. The Morgan fingerprint density at radius 1 is 0.816 bits per heavy atom. The van der Waals surface area contributed by atoms with Gasteiger partial charge >= 0.3 is 6.18 Å². The normalized spacial score (nSPS) is 20.4. The van der Waals surface area contributed by atoms with Gasteiger partial charge in [-0.25, -0.2) is 4.99 Å². The summed E-state index contributed by atoms with van der Waals surface area (Å²) in [5, 5.41) is 3.01. The van der Waals surface area contributed by atoms with Crippen molar-refractivity contribution in [1.82, 2.24) is 13.7 Å². The summed E-state index contributed by atoms with van der Waals surface area (Å²) < 4.78 is 49.5. The van der Waals surface area contributed by atoms with Gasteiger partial charge in [-0.1, -0.05) is 59.7 Å². The number of ketones is 2. The molecule has 3 atom stereocenters. The molecule has 3 aromatic heterocycles. The van der Waals surface area contributed by atoms with Crippen molar-refractivity contribution in [3.05, 3.63) is 90.1 Å². The number of fused-ring (bicyclic) bond motifs is 3. The second-order valence-electron chi connectivity index (χ2n) is 12.7. The number of aromatic nitrogens is 3. The van der Waals surface area contributed by atoms with E-state index in [4.69, 9.17) is 4.98 Å². The van der Waals surface area contributed by atoms with Crippen LogP contribution in [0.25, 0.3) is 32.4 Å². The topological polar surface area (TPSA) is 88.4 Å². The Kier molecular flexibility index (Phi) is 7.68. The zero-order valence-corrected chi connectivity index (χ0v) is 28.0. The van der Waals surface area contributed by atoms with E-state index in [0.29, 0.717) is 16.7 Å². The van der Waals surface area contributed by atoms with Crippen molar-refractivity contribution in [3.8, 4) is 10.6 Å². The number of aliphatic imine (C=N–C) groups is 1. The smallest absolute Gasteiger partial charge is 0.301 e. The first-order chi connectivity index (χ1) is 23.6. The quantitative estimate of drug-likeness (QED) is 0.167. The molecule has 6 aromatic rings. The maximum absolute atomic E-state index is 13.5. The van der Waals surface area contributed by atoms with Crippen LogP contribution in [0.2, 0.25) is 0 Å². The Labute approximate surface area is 287 Å². The molecule has 0 bridgehead atoms. The molecule has 2 aliphatic rings. The fraction of sp³-hybridized carbons (Fsp3) is 0.243. The molecule has 12 heteroatoms. The minimum absolute atomic E-state index is 0.00447. The molecule has 2 fully saturated rings. The molecule has 8 rings (SSSR count). The molecule has 7 nitrogen and oxygen atoms in total. The molecule has 49 heavy (non-hydrogen) atoms. The van der Waals surface area contributed by atoms with E-state index in [2.05, 4.69) is 93.2 Å². The van der Waals surface area contributed by atoms with E-state index < -0.39 is 41.9 Å². The van der Waals surface area contributed by atoms with Crippen LogP contribution < -0.4 is 4.90 Å². The molecule has 0 spiro atoms. The van der Waals surface area contributed by atoms with E-state index in [0.717, 1.165) is 54.9 Å². The lowest BCUT2D eigenvalue weighted by Crippen LogP contribution is -2.34. The average Bonchev–Trinajstić information content (AvgIpc) is 3.79. The number of carbonyl (C=O) groups excluding carboxylic acids is 2. The number of nitrogens with zero attached hydrogens (tertiary/aromatic N) is 5. The predicted molar refractivity (Wildman–Crippen MR) is 188 cm³/mol. The van der Waals surface area contributed by atoms with Crippen LogP contribution in [0.5, 0.6) is 0 Å². The largest absolute Gasteiger partial charge is 0.391 e. The van der Waals surface area contributed by atoms with Crippen molar-refractivity contribution < 1.29 is 22.8 Å². The number of hydrogen-bond donors (Lipinski definition) is 0. The first kappa shape index (κ1) is 31.5. The number of hydrogen-bond acceptors (Lipinski definition) is 9. The zero-order chi connectivity index (χ0) is 34.0. The van der Waals surface area contributed by atoms with Crippen LogP contribution >= 0.6 is 23.1 Å². The summed E-state index contributed by atoms with van der Waals surface area (Å²) in [6.45, 7) is 4.12. The van der Waals surface area contributed by atoms with Crippen molar-refractivity contribution in [2.75, 3.05) is 4.90 Å². The van der Waals surface area contributed by atoms with Gasteiger partial charge in [-0.15, -0.1) is 11.3 Å². The zero-order valence-electron chi connectivity index (χ0n) is 26.4. The summed E-state index contributed by atoms with van der Waals surface area (Å²) in [5.74, 6) is -4.88. The van der Waals surface area contributed by atoms with Crippen LogP contribution in [0.15, 0.2) is 84.0 Å². The summed E-state index contributed by atoms with van der Waals surface area (Å²) >= 11 is 2.56. The van der Waals surface area contributed by atoms with Gasteiger partial charge in [0.05, 0.1) is 34.4 Å². The highest BCUT2D eigenvalue weighted by molar-refractivity contribution is 7.21. The molecule has 0 aliphatic heterocycles. The van der Waals surface area contributed by atoms with Crippen LogP contribution in [-0.4, -0.2) is 37.2 Å². The van der Waals surface area contributed by atoms with Crippen LogP contribution in [0.1, 0.15) is 30.4 Å². The van der Waals surface area contributed by atoms with Gasteiger partial charge in [-0.2, -0.15) is 21.9 Å². The number of thiophene rings is 1. The molecule has 2 aliphatic carbocycles. The van der Waals surface area contributed by atoms with Gasteiger partial charge in [-0.3, -0.25) is 14.6 Å². The molecule has 0 saturated heterocycles. The number of benzene rings is 3. The number of rotatable bonds is 5. The summed E-state index contributed by atoms with van der Waals surface area (Å²) in [5.41, 5.74) is 6.11. The van der Waals surface area contributed by atoms with Crippen molar-refractivity contribution >= 4 is 84.2 Å². The van der Waals surface area contributed by atoms with Gasteiger partial charge in [0, 0.05) is 34.0 Å². The minimum Gasteiger partial charge on any atom is -0.301 e. The van der Waals surface area contributed by atoms with Crippen LogP contribution in [-0.2, 0) is 9.59 Å². The lowest BCUT2D eigenvalue weighted by atomic mass is 9.75. The fourth-order valence-electron chi connectivity index (χ4n) is 7.01. The third kappa shape index (κ3) is 5.43. The molecular formula is C37H28F3N5O2S2. The Bertz CT molecular complexity index is 2250. The highest BCUT2D eigenvalue weighted by atomic mass is 32.1. The van der Waals surface area contributed by atoms with Crippen molar-refractivity contribution in [1.29, 1.82) is 0 Å². The molecule has 0 N–H and O–H groups in total. The van der Waals surface area contributed by atoms with Crippen LogP contribution in [0.3, 0.4) is 0 Å². The predicted octanol–water partition coefficient (Wildman–Crippen LogP) is 9.87. The highest BCUT2D eigenvalue weighted by Gasteiger charge is 2.54. The van der Waals surface area contributed by atoms with Gasteiger partial charge in [0.15, 0.2) is 0 Å².